The molecule has 1 heterocycles. The van der Waals surface area contributed by atoms with Gasteiger partial charge in [0.05, 0.1) is 5.02 Å². The fraction of sp³-hybridized carbons (Fsp3) is 0.250. The van der Waals surface area contributed by atoms with Gasteiger partial charge in [0.1, 0.15) is 17.7 Å². The van der Waals surface area contributed by atoms with Crippen molar-refractivity contribution in [3.8, 4) is 5.75 Å². The zero-order valence-corrected chi connectivity index (χ0v) is 11.8. The Balaban J connectivity index is 1.97. The standard InChI is InChI=1S/C16H15ClFNO/c1-19-14-9-16(11-7-6-10(18)8-13(11)17)20-15-5-3-2-4-12(14)15/h2-8,14,16,19H,9H2,1H3. The van der Waals surface area contributed by atoms with Crippen LogP contribution in [0.1, 0.15) is 29.7 Å². The van der Waals surface area contributed by atoms with Crippen molar-refractivity contribution in [3.63, 3.8) is 0 Å². The molecule has 20 heavy (non-hydrogen) atoms. The molecule has 0 amide bonds. The summed E-state index contributed by atoms with van der Waals surface area (Å²) >= 11 is 6.14. The second kappa shape index (κ2) is 5.43. The van der Waals surface area contributed by atoms with Gasteiger partial charge in [-0.05, 0) is 25.2 Å². The summed E-state index contributed by atoms with van der Waals surface area (Å²) in [4.78, 5) is 0. The number of hydrogen-bond donors (Lipinski definition) is 1. The van der Waals surface area contributed by atoms with Crippen molar-refractivity contribution in [2.75, 3.05) is 7.05 Å². The molecule has 104 valence electrons. The van der Waals surface area contributed by atoms with Crippen molar-refractivity contribution in [1.82, 2.24) is 5.32 Å². The largest absolute Gasteiger partial charge is 0.485 e. The van der Waals surface area contributed by atoms with Gasteiger partial charge in [-0.2, -0.15) is 0 Å². The van der Waals surface area contributed by atoms with Crippen LogP contribution < -0.4 is 10.1 Å². The van der Waals surface area contributed by atoms with E-state index in [0.29, 0.717) is 5.02 Å². The smallest absolute Gasteiger partial charge is 0.127 e. The lowest BCUT2D eigenvalue weighted by Crippen LogP contribution is -2.26. The van der Waals surface area contributed by atoms with Crippen LogP contribution in [-0.4, -0.2) is 7.05 Å². The molecule has 0 radical (unpaired) electrons. The van der Waals surface area contributed by atoms with Gasteiger partial charge in [0, 0.05) is 23.6 Å². The van der Waals surface area contributed by atoms with Crippen molar-refractivity contribution in [2.24, 2.45) is 0 Å². The van der Waals surface area contributed by atoms with E-state index < -0.39 is 0 Å². The zero-order valence-electron chi connectivity index (χ0n) is 11.1. The predicted octanol–water partition coefficient (Wildman–Crippen LogP) is 4.26. The Labute approximate surface area is 122 Å². The monoisotopic (exact) mass is 291 g/mol. The van der Waals surface area contributed by atoms with Crippen LogP contribution >= 0.6 is 11.6 Å². The van der Waals surface area contributed by atoms with Gasteiger partial charge < -0.3 is 10.1 Å². The third kappa shape index (κ3) is 2.39. The van der Waals surface area contributed by atoms with Gasteiger partial charge in [0.15, 0.2) is 0 Å². The van der Waals surface area contributed by atoms with E-state index in [-0.39, 0.29) is 18.0 Å². The molecule has 2 atom stereocenters. The molecule has 0 saturated carbocycles. The Hall–Kier alpha value is -1.58. The van der Waals surface area contributed by atoms with Gasteiger partial charge in [-0.1, -0.05) is 35.9 Å². The number of benzene rings is 2. The number of fused-ring (bicyclic) bond motifs is 1. The second-order valence-corrected chi connectivity index (χ2v) is 5.29. The van der Waals surface area contributed by atoms with Crippen molar-refractivity contribution < 1.29 is 9.13 Å². The van der Waals surface area contributed by atoms with Crippen LogP contribution in [0.2, 0.25) is 5.02 Å². The number of halogens is 2. The van der Waals surface area contributed by atoms with E-state index in [1.165, 1.54) is 12.1 Å². The predicted molar refractivity (Wildman–Crippen MR) is 77.6 cm³/mol. The summed E-state index contributed by atoms with van der Waals surface area (Å²) < 4.78 is 19.2. The Bertz CT molecular complexity index is 632. The van der Waals surface area contributed by atoms with Crippen LogP contribution in [0.3, 0.4) is 0 Å². The van der Waals surface area contributed by atoms with Gasteiger partial charge in [-0.3, -0.25) is 0 Å². The minimum Gasteiger partial charge on any atom is -0.485 e. The molecule has 4 heteroatoms. The van der Waals surface area contributed by atoms with Crippen LogP contribution in [0.15, 0.2) is 42.5 Å². The van der Waals surface area contributed by atoms with Crippen LogP contribution in [0.5, 0.6) is 5.75 Å². The average molecular weight is 292 g/mol. The second-order valence-electron chi connectivity index (χ2n) is 4.89. The van der Waals surface area contributed by atoms with Crippen molar-refractivity contribution in [3.05, 3.63) is 64.4 Å². The lowest BCUT2D eigenvalue weighted by molar-refractivity contribution is 0.154. The Morgan fingerprint density at radius 3 is 2.75 bits per heavy atom. The number of rotatable bonds is 2. The first-order chi connectivity index (χ1) is 9.69. The van der Waals surface area contributed by atoms with Gasteiger partial charge in [-0.25, -0.2) is 4.39 Å². The highest BCUT2D eigenvalue weighted by Gasteiger charge is 2.29. The van der Waals surface area contributed by atoms with E-state index in [1.54, 1.807) is 6.07 Å². The molecular weight excluding hydrogens is 277 g/mol. The van der Waals surface area contributed by atoms with Crippen molar-refractivity contribution in [2.45, 2.75) is 18.6 Å². The lowest BCUT2D eigenvalue weighted by atomic mass is 9.93. The summed E-state index contributed by atoms with van der Waals surface area (Å²) in [5, 5.41) is 3.70. The van der Waals surface area contributed by atoms with Crippen molar-refractivity contribution >= 4 is 11.6 Å². The highest BCUT2D eigenvalue weighted by atomic mass is 35.5. The van der Waals surface area contributed by atoms with E-state index in [0.717, 1.165) is 23.3 Å². The molecule has 1 N–H and O–H groups in total. The highest BCUT2D eigenvalue weighted by molar-refractivity contribution is 6.31. The molecule has 0 fully saturated rings. The number of para-hydroxylation sites is 1. The Morgan fingerprint density at radius 1 is 1.20 bits per heavy atom. The molecule has 2 unspecified atom stereocenters. The minimum atomic E-state index is -0.333. The van der Waals surface area contributed by atoms with E-state index in [2.05, 4.69) is 11.4 Å². The summed E-state index contributed by atoms with van der Waals surface area (Å²) in [6, 6.07) is 12.6. The number of nitrogens with one attached hydrogen (secondary N) is 1. The fourth-order valence-electron chi connectivity index (χ4n) is 2.64. The molecule has 3 rings (SSSR count). The van der Waals surface area contributed by atoms with Crippen molar-refractivity contribution in [1.29, 1.82) is 0 Å². The molecule has 0 aliphatic carbocycles. The van der Waals surface area contributed by atoms with Gasteiger partial charge >= 0.3 is 0 Å². The summed E-state index contributed by atoms with van der Waals surface area (Å²) in [7, 11) is 1.93. The lowest BCUT2D eigenvalue weighted by Gasteiger charge is -2.32. The average Bonchev–Trinajstić information content (AvgIpc) is 2.46. The minimum absolute atomic E-state index is 0.171. The van der Waals surface area contributed by atoms with Gasteiger partial charge in [0.2, 0.25) is 0 Å². The number of ether oxygens (including phenoxy) is 1. The van der Waals surface area contributed by atoms with E-state index >= 15 is 0 Å². The maximum Gasteiger partial charge on any atom is 0.127 e. The van der Waals surface area contributed by atoms with E-state index in [1.807, 2.05) is 25.2 Å². The third-order valence-electron chi connectivity index (χ3n) is 3.67. The van der Waals surface area contributed by atoms with Crippen LogP contribution in [0.4, 0.5) is 4.39 Å². The van der Waals surface area contributed by atoms with Crippen LogP contribution in [0, 0.1) is 5.82 Å². The SMILES string of the molecule is CNC1CC(c2ccc(F)cc2Cl)Oc2ccccc21. The van der Waals surface area contributed by atoms with Crippen LogP contribution in [0.25, 0.3) is 0 Å². The Morgan fingerprint density at radius 2 is 2.00 bits per heavy atom. The quantitative estimate of drug-likeness (QED) is 0.892. The summed E-state index contributed by atoms with van der Waals surface area (Å²) in [5.74, 6) is 0.517. The van der Waals surface area contributed by atoms with Crippen LogP contribution in [-0.2, 0) is 0 Å². The summed E-state index contributed by atoms with van der Waals surface area (Å²) in [6.07, 6.45) is 0.592. The molecule has 2 nitrogen and oxygen atoms in total. The normalized spacial score (nSPS) is 21.1. The van der Waals surface area contributed by atoms with Gasteiger partial charge in [0.25, 0.3) is 0 Å². The first-order valence-corrected chi connectivity index (χ1v) is 6.94. The molecule has 2 aromatic carbocycles. The topological polar surface area (TPSA) is 21.3 Å². The molecule has 0 saturated heterocycles. The highest BCUT2D eigenvalue weighted by Crippen LogP contribution is 2.42. The number of hydrogen-bond acceptors (Lipinski definition) is 2. The van der Waals surface area contributed by atoms with E-state index in [9.17, 15) is 4.39 Å². The molecule has 1 aliphatic heterocycles. The van der Waals surface area contributed by atoms with E-state index in [4.69, 9.17) is 16.3 Å². The van der Waals surface area contributed by atoms with Gasteiger partial charge in [-0.15, -0.1) is 0 Å². The molecule has 0 bridgehead atoms. The molecule has 2 aromatic rings. The summed E-state index contributed by atoms with van der Waals surface area (Å²) in [6.45, 7) is 0. The molecular formula is C16H15ClFNO. The fourth-order valence-corrected chi connectivity index (χ4v) is 2.93. The summed E-state index contributed by atoms with van der Waals surface area (Å²) in [5.41, 5.74) is 1.97. The first-order valence-electron chi connectivity index (χ1n) is 6.57. The zero-order chi connectivity index (χ0) is 14.1. The maximum absolute atomic E-state index is 13.2. The maximum atomic E-state index is 13.2. The first kappa shape index (κ1) is 13.4. The third-order valence-corrected chi connectivity index (χ3v) is 4.00. The Kier molecular flexibility index (Phi) is 3.64. The molecule has 1 aliphatic rings. The molecule has 0 spiro atoms. The molecule has 0 aromatic heterocycles.